The predicted molar refractivity (Wildman–Crippen MR) is 40.8 cm³/mol. The highest BCUT2D eigenvalue weighted by Gasteiger charge is 1.91. The fourth-order valence-electron chi connectivity index (χ4n) is 0.573. The van der Waals surface area contributed by atoms with E-state index in [0.29, 0.717) is 0 Å². The van der Waals surface area contributed by atoms with E-state index in [2.05, 4.69) is 6.58 Å². The average Bonchev–Trinajstić information content (AvgIpc) is 1.85. The van der Waals surface area contributed by atoms with Crippen LogP contribution in [0.3, 0.4) is 0 Å². The minimum Gasteiger partial charge on any atom is -0.481 e. The minimum atomic E-state index is -0.789. The molecule has 0 aliphatic rings. The second-order valence-electron chi connectivity index (χ2n) is 2.14. The monoisotopic (exact) mass is 140 g/mol. The highest BCUT2D eigenvalue weighted by atomic mass is 16.4. The van der Waals surface area contributed by atoms with Crippen LogP contribution in [0.1, 0.15) is 19.8 Å². The Balaban J connectivity index is 3.67. The molecule has 56 valence electrons. The number of carboxylic acid groups (broad SMARTS) is 1. The van der Waals surface area contributed by atoms with E-state index in [1.807, 2.05) is 6.92 Å². The summed E-state index contributed by atoms with van der Waals surface area (Å²) >= 11 is 0. The Morgan fingerprint density at radius 1 is 1.60 bits per heavy atom. The molecule has 0 aromatic heterocycles. The lowest BCUT2D eigenvalue weighted by Gasteiger charge is -1.91. The summed E-state index contributed by atoms with van der Waals surface area (Å²) in [7, 11) is 0. The zero-order chi connectivity index (χ0) is 7.98. The fraction of sp³-hybridized carbons (Fsp3) is 0.375. The van der Waals surface area contributed by atoms with Crippen LogP contribution in [0.5, 0.6) is 0 Å². The van der Waals surface area contributed by atoms with E-state index in [1.54, 1.807) is 12.2 Å². The van der Waals surface area contributed by atoms with Gasteiger partial charge >= 0.3 is 5.97 Å². The van der Waals surface area contributed by atoms with Crippen molar-refractivity contribution >= 4 is 5.97 Å². The van der Waals surface area contributed by atoms with Crippen LogP contribution in [-0.4, -0.2) is 11.1 Å². The number of carboxylic acids is 1. The van der Waals surface area contributed by atoms with Crippen LogP contribution in [0, 0.1) is 0 Å². The van der Waals surface area contributed by atoms with E-state index in [-0.39, 0.29) is 6.42 Å². The molecule has 1 N–H and O–H groups in total. The van der Waals surface area contributed by atoms with Crippen LogP contribution < -0.4 is 0 Å². The summed E-state index contributed by atoms with van der Waals surface area (Å²) in [6.45, 7) is 5.43. The summed E-state index contributed by atoms with van der Waals surface area (Å²) in [6.07, 6.45) is 4.34. The third-order valence-corrected chi connectivity index (χ3v) is 1.09. The molecular formula is C8H12O2. The minimum absolute atomic E-state index is 0.111. The molecule has 0 unspecified atom stereocenters. The maximum Gasteiger partial charge on any atom is 0.307 e. The van der Waals surface area contributed by atoms with Crippen molar-refractivity contribution in [1.82, 2.24) is 0 Å². The van der Waals surface area contributed by atoms with Crippen molar-refractivity contribution in [2.24, 2.45) is 0 Å². The second-order valence-corrected chi connectivity index (χ2v) is 2.14. The third kappa shape index (κ3) is 5.09. The maximum atomic E-state index is 10.0. The van der Waals surface area contributed by atoms with Crippen molar-refractivity contribution in [3.8, 4) is 0 Å². The van der Waals surface area contributed by atoms with E-state index in [9.17, 15) is 4.79 Å². The molecular weight excluding hydrogens is 128 g/mol. The number of aliphatic carboxylic acids is 1. The van der Waals surface area contributed by atoms with Crippen LogP contribution >= 0.6 is 0 Å². The normalized spacial score (nSPS) is 11.1. The summed E-state index contributed by atoms with van der Waals surface area (Å²) in [6, 6.07) is 0. The lowest BCUT2D eigenvalue weighted by molar-refractivity contribution is -0.136. The van der Waals surface area contributed by atoms with Crippen molar-refractivity contribution in [2.75, 3.05) is 0 Å². The van der Waals surface area contributed by atoms with Crippen molar-refractivity contribution in [3.63, 3.8) is 0 Å². The SMILES string of the molecule is C=CCC(C)=CCC(=O)O. The lowest BCUT2D eigenvalue weighted by Crippen LogP contribution is -1.90. The van der Waals surface area contributed by atoms with Gasteiger partial charge in [-0.05, 0) is 13.3 Å². The molecule has 0 aromatic rings. The van der Waals surface area contributed by atoms with Gasteiger partial charge in [0.1, 0.15) is 0 Å². The Bertz CT molecular complexity index is 157. The summed E-state index contributed by atoms with van der Waals surface area (Å²) in [5, 5.41) is 8.26. The molecule has 0 atom stereocenters. The van der Waals surface area contributed by atoms with Gasteiger partial charge in [0.15, 0.2) is 0 Å². The van der Waals surface area contributed by atoms with Gasteiger partial charge in [0, 0.05) is 0 Å². The molecule has 0 aromatic carbocycles. The Kier molecular flexibility index (Phi) is 4.29. The Morgan fingerprint density at radius 2 is 2.20 bits per heavy atom. The van der Waals surface area contributed by atoms with Gasteiger partial charge in [0.25, 0.3) is 0 Å². The van der Waals surface area contributed by atoms with Crippen molar-refractivity contribution in [1.29, 1.82) is 0 Å². The molecule has 0 fully saturated rings. The molecule has 0 amide bonds. The first kappa shape index (κ1) is 8.95. The van der Waals surface area contributed by atoms with Gasteiger partial charge in [-0.2, -0.15) is 0 Å². The van der Waals surface area contributed by atoms with Crippen LogP contribution in [0.25, 0.3) is 0 Å². The molecule has 0 saturated carbocycles. The zero-order valence-corrected chi connectivity index (χ0v) is 6.13. The first-order valence-electron chi connectivity index (χ1n) is 3.15. The average molecular weight is 140 g/mol. The Labute approximate surface area is 60.9 Å². The largest absolute Gasteiger partial charge is 0.481 e. The van der Waals surface area contributed by atoms with E-state index >= 15 is 0 Å². The first-order valence-corrected chi connectivity index (χ1v) is 3.15. The van der Waals surface area contributed by atoms with E-state index < -0.39 is 5.97 Å². The molecule has 0 heterocycles. The van der Waals surface area contributed by atoms with Gasteiger partial charge in [-0.1, -0.05) is 17.7 Å². The smallest absolute Gasteiger partial charge is 0.307 e. The molecule has 2 heteroatoms. The number of carbonyl (C=O) groups is 1. The van der Waals surface area contributed by atoms with Crippen LogP contribution in [-0.2, 0) is 4.79 Å². The summed E-state index contributed by atoms with van der Waals surface area (Å²) in [4.78, 5) is 10.0. The molecule has 10 heavy (non-hydrogen) atoms. The molecule has 0 aliphatic carbocycles. The molecule has 0 bridgehead atoms. The topological polar surface area (TPSA) is 37.3 Å². The van der Waals surface area contributed by atoms with Crippen LogP contribution in [0.2, 0.25) is 0 Å². The third-order valence-electron chi connectivity index (χ3n) is 1.09. The van der Waals surface area contributed by atoms with Crippen LogP contribution in [0.15, 0.2) is 24.3 Å². The number of rotatable bonds is 4. The van der Waals surface area contributed by atoms with Gasteiger partial charge in [0.2, 0.25) is 0 Å². The number of hydrogen-bond acceptors (Lipinski definition) is 1. The first-order chi connectivity index (χ1) is 4.66. The Hall–Kier alpha value is -1.05. The summed E-state index contributed by atoms with van der Waals surface area (Å²) in [5.41, 5.74) is 1.05. The Morgan fingerprint density at radius 3 is 2.60 bits per heavy atom. The quantitative estimate of drug-likeness (QED) is 0.606. The molecule has 0 rings (SSSR count). The highest BCUT2D eigenvalue weighted by molar-refractivity contribution is 5.68. The van der Waals surface area contributed by atoms with Gasteiger partial charge < -0.3 is 5.11 Å². The van der Waals surface area contributed by atoms with Crippen molar-refractivity contribution in [3.05, 3.63) is 24.3 Å². The zero-order valence-electron chi connectivity index (χ0n) is 6.13. The predicted octanol–water partition coefficient (Wildman–Crippen LogP) is 1.98. The highest BCUT2D eigenvalue weighted by Crippen LogP contribution is 2.00. The molecule has 0 saturated heterocycles. The van der Waals surface area contributed by atoms with E-state index in [4.69, 9.17) is 5.11 Å². The fourth-order valence-corrected chi connectivity index (χ4v) is 0.573. The van der Waals surface area contributed by atoms with Crippen molar-refractivity contribution < 1.29 is 9.90 Å². The van der Waals surface area contributed by atoms with Gasteiger partial charge in [-0.15, -0.1) is 6.58 Å². The summed E-state index contributed by atoms with van der Waals surface area (Å²) < 4.78 is 0. The van der Waals surface area contributed by atoms with E-state index in [1.165, 1.54) is 0 Å². The van der Waals surface area contributed by atoms with Crippen molar-refractivity contribution in [2.45, 2.75) is 19.8 Å². The van der Waals surface area contributed by atoms with Crippen LogP contribution in [0.4, 0.5) is 0 Å². The number of allylic oxidation sites excluding steroid dienone is 2. The summed E-state index contributed by atoms with van der Waals surface area (Å²) in [5.74, 6) is -0.789. The van der Waals surface area contributed by atoms with Gasteiger partial charge in [0.05, 0.1) is 6.42 Å². The molecule has 0 aliphatic heterocycles. The second kappa shape index (κ2) is 4.79. The van der Waals surface area contributed by atoms with Gasteiger partial charge in [-0.25, -0.2) is 0 Å². The van der Waals surface area contributed by atoms with E-state index in [0.717, 1.165) is 12.0 Å². The number of hydrogen-bond donors (Lipinski definition) is 1. The maximum absolute atomic E-state index is 10.0. The molecule has 2 nitrogen and oxygen atoms in total. The molecule has 0 radical (unpaired) electrons. The standard InChI is InChI=1S/C8H12O2/c1-3-4-7(2)5-6-8(9)10/h3,5H,1,4,6H2,2H3,(H,9,10). The van der Waals surface area contributed by atoms with Gasteiger partial charge in [-0.3, -0.25) is 4.79 Å². The lowest BCUT2D eigenvalue weighted by atomic mass is 10.2. The molecule has 0 spiro atoms.